The molecule has 2 aromatic rings. The molecular weight excluding hydrogens is 357 g/mol. The molecule has 1 amide bonds. The van der Waals surface area contributed by atoms with Crippen LogP contribution in [0.15, 0.2) is 41.5 Å². The number of carbonyl (C=O) groups excluding carboxylic acids is 1. The molecule has 0 fully saturated rings. The normalized spacial score (nSPS) is 16.8. The summed E-state index contributed by atoms with van der Waals surface area (Å²) < 4.78 is 19.2. The first-order chi connectivity index (χ1) is 12.9. The summed E-state index contributed by atoms with van der Waals surface area (Å²) in [5.74, 6) is -1.42. The average molecular weight is 373 g/mol. The Morgan fingerprint density at radius 2 is 2.15 bits per heavy atom. The molecule has 0 bridgehead atoms. The predicted molar refractivity (Wildman–Crippen MR) is 94.4 cm³/mol. The molecule has 0 radical (unpaired) electrons. The SMILES string of the molecule is C[C@H]1C/C(=N\NC(=O)COc2ccccc2[N+](=O)[O-])c2c(O)ccc(F)c21. The van der Waals surface area contributed by atoms with Gasteiger partial charge < -0.3 is 9.84 Å². The summed E-state index contributed by atoms with van der Waals surface area (Å²) in [4.78, 5) is 22.3. The van der Waals surface area contributed by atoms with Crippen LogP contribution in [0.25, 0.3) is 0 Å². The third-order valence-corrected chi connectivity index (χ3v) is 4.19. The van der Waals surface area contributed by atoms with Gasteiger partial charge >= 0.3 is 5.69 Å². The number of fused-ring (bicyclic) bond motifs is 1. The van der Waals surface area contributed by atoms with Crippen molar-refractivity contribution in [3.8, 4) is 11.5 Å². The van der Waals surface area contributed by atoms with Gasteiger partial charge in [0.15, 0.2) is 12.4 Å². The second kappa shape index (κ2) is 7.40. The van der Waals surface area contributed by atoms with Gasteiger partial charge in [-0.25, -0.2) is 9.82 Å². The summed E-state index contributed by atoms with van der Waals surface area (Å²) in [6, 6.07) is 8.11. The van der Waals surface area contributed by atoms with E-state index in [0.717, 1.165) is 0 Å². The van der Waals surface area contributed by atoms with Crippen LogP contribution >= 0.6 is 0 Å². The number of rotatable bonds is 5. The van der Waals surface area contributed by atoms with E-state index in [-0.39, 0.29) is 28.7 Å². The van der Waals surface area contributed by atoms with E-state index in [2.05, 4.69) is 10.5 Å². The smallest absolute Gasteiger partial charge is 0.310 e. The summed E-state index contributed by atoms with van der Waals surface area (Å²) in [7, 11) is 0. The molecule has 2 aromatic carbocycles. The minimum absolute atomic E-state index is 0.0372. The number of hydrogen-bond donors (Lipinski definition) is 2. The third kappa shape index (κ3) is 3.71. The van der Waals surface area contributed by atoms with Crippen molar-refractivity contribution >= 4 is 17.3 Å². The lowest BCUT2D eigenvalue weighted by molar-refractivity contribution is -0.385. The lowest BCUT2D eigenvalue weighted by Crippen LogP contribution is -2.26. The Bertz CT molecular complexity index is 945. The van der Waals surface area contributed by atoms with Gasteiger partial charge in [0, 0.05) is 17.2 Å². The molecule has 1 aliphatic rings. The second-order valence-electron chi connectivity index (χ2n) is 6.07. The number of nitro benzene ring substituents is 1. The van der Waals surface area contributed by atoms with Crippen molar-refractivity contribution in [3.63, 3.8) is 0 Å². The lowest BCUT2D eigenvalue weighted by Gasteiger charge is -2.07. The number of phenols is 1. The van der Waals surface area contributed by atoms with Gasteiger partial charge in [-0.15, -0.1) is 0 Å². The highest BCUT2D eigenvalue weighted by atomic mass is 19.1. The van der Waals surface area contributed by atoms with Crippen LogP contribution in [0.5, 0.6) is 11.5 Å². The number of carbonyl (C=O) groups is 1. The molecule has 2 N–H and O–H groups in total. The Balaban J connectivity index is 1.69. The van der Waals surface area contributed by atoms with E-state index in [1.54, 1.807) is 13.0 Å². The van der Waals surface area contributed by atoms with Gasteiger partial charge in [-0.05, 0) is 30.5 Å². The third-order valence-electron chi connectivity index (χ3n) is 4.19. The molecule has 0 aromatic heterocycles. The second-order valence-corrected chi connectivity index (χ2v) is 6.07. The highest BCUT2D eigenvalue weighted by molar-refractivity contribution is 6.07. The number of amides is 1. The zero-order chi connectivity index (χ0) is 19.6. The number of hydrazone groups is 1. The van der Waals surface area contributed by atoms with Gasteiger partial charge in [0.25, 0.3) is 5.91 Å². The van der Waals surface area contributed by atoms with Crippen molar-refractivity contribution in [1.82, 2.24) is 5.43 Å². The summed E-state index contributed by atoms with van der Waals surface area (Å²) in [5, 5.41) is 24.9. The number of benzene rings is 2. The molecule has 9 heteroatoms. The monoisotopic (exact) mass is 373 g/mol. The molecule has 1 atom stereocenters. The zero-order valence-corrected chi connectivity index (χ0v) is 14.3. The first-order valence-electron chi connectivity index (χ1n) is 8.11. The molecule has 0 saturated carbocycles. The first kappa shape index (κ1) is 18.3. The van der Waals surface area contributed by atoms with Gasteiger partial charge in [0.1, 0.15) is 11.6 Å². The number of nitro groups is 1. The van der Waals surface area contributed by atoms with Crippen molar-refractivity contribution in [1.29, 1.82) is 0 Å². The minimum Gasteiger partial charge on any atom is -0.507 e. The van der Waals surface area contributed by atoms with E-state index in [9.17, 15) is 24.4 Å². The topological polar surface area (TPSA) is 114 Å². The van der Waals surface area contributed by atoms with E-state index in [1.807, 2.05) is 0 Å². The number of nitrogens with zero attached hydrogens (tertiary/aromatic N) is 2. The molecule has 0 aliphatic heterocycles. The van der Waals surface area contributed by atoms with Gasteiger partial charge in [-0.3, -0.25) is 14.9 Å². The van der Waals surface area contributed by atoms with Crippen molar-refractivity contribution in [2.24, 2.45) is 5.10 Å². The van der Waals surface area contributed by atoms with E-state index in [0.29, 0.717) is 17.7 Å². The fourth-order valence-electron chi connectivity index (χ4n) is 3.00. The minimum atomic E-state index is -0.641. The Morgan fingerprint density at radius 3 is 2.89 bits per heavy atom. The lowest BCUT2D eigenvalue weighted by atomic mass is 10.0. The van der Waals surface area contributed by atoms with E-state index in [1.165, 1.54) is 30.3 Å². The summed E-state index contributed by atoms with van der Waals surface area (Å²) in [6.07, 6.45) is 0.356. The molecule has 0 heterocycles. The van der Waals surface area contributed by atoms with E-state index in [4.69, 9.17) is 4.74 Å². The molecule has 3 rings (SSSR count). The van der Waals surface area contributed by atoms with Crippen LogP contribution in [0, 0.1) is 15.9 Å². The number of ether oxygens (including phenoxy) is 1. The Kier molecular flexibility index (Phi) is 5.02. The Morgan fingerprint density at radius 1 is 1.41 bits per heavy atom. The van der Waals surface area contributed by atoms with Crippen molar-refractivity contribution in [2.75, 3.05) is 6.61 Å². The van der Waals surface area contributed by atoms with Crippen LogP contribution in [-0.2, 0) is 4.79 Å². The van der Waals surface area contributed by atoms with Crippen molar-refractivity contribution in [3.05, 3.63) is 63.5 Å². The van der Waals surface area contributed by atoms with Gasteiger partial charge in [0.05, 0.1) is 10.6 Å². The van der Waals surface area contributed by atoms with Crippen LogP contribution in [0.2, 0.25) is 0 Å². The molecule has 8 nitrogen and oxygen atoms in total. The van der Waals surface area contributed by atoms with Crippen molar-refractivity contribution in [2.45, 2.75) is 19.3 Å². The highest BCUT2D eigenvalue weighted by Gasteiger charge is 2.30. The fraction of sp³-hybridized carbons (Fsp3) is 0.222. The maximum atomic E-state index is 14.0. The number of halogens is 1. The van der Waals surface area contributed by atoms with E-state index < -0.39 is 23.3 Å². The van der Waals surface area contributed by atoms with Crippen LogP contribution in [0.1, 0.15) is 30.4 Å². The van der Waals surface area contributed by atoms with Crippen LogP contribution in [0.3, 0.4) is 0 Å². The van der Waals surface area contributed by atoms with Gasteiger partial charge in [0.2, 0.25) is 0 Å². The fourth-order valence-corrected chi connectivity index (χ4v) is 3.00. The van der Waals surface area contributed by atoms with E-state index >= 15 is 0 Å². The average Bonchev–Trinajstić information content (AvgIpc) is 2.99. The number of aromatic hydroxyl groups is 1. The largest absolute Gasteiger partial charge is 0.507 e. The summed E-state index contributed by atoms with van der Waals surface area (Å²) in [5.41, 5.74) is 3.01. The quantitative estimate of drug-likeness (QED) is 0.618. The number of nitrogens with one attached hydrogen (secondary N) is 1. The number of hydrogen-bond acceptors (Lipinski definition) is 6. The maximum absolute atomic E-state index is 14.0. The van der Waals surface area contributed by atoms with Gasteiger partial charge in [-0.1, -0.05) is 19.1 Å². The predicted octanol–water partition coefficient (Wildman–Crippen LogP) is 2.85. The zero-order valence-electron chi connectivity index (χ0n) is 14.3. The summed E-state index contributed by atoms with van der Waals surface area (Å²) >= 11 is 0. The maximum Gasteiger partial charge on any atom is 0.310 e. The first-order valence-corrected chi connectivity index (χ1v) is 8.11. The number of para-hydroxylation sites is 2. The molecule has 1 aliphatic carbocycles. The van der Waals surface area contributed by atoms with Crippen molar-refractivity contribution < 1.29 is 24.0 Å². The van der Waals surface area contributed by atoms with Crippen LogP contribution in [-0.4, -0.2) is 28.3 Å². The Hall–Kier alpha value is -3.49. The van der Waals surface area contributed by atoms with Gasteiger partial charge in [-0.2, -0.15) is 5.10 Å². The summed E-state index contributed by atoms with van der Waals surface area (Å²) in [6.45, 7) is 1.31. The van der Waals surface area contributed by atoms with Crippen LogP contribution in [0.4, 0.5) is 10.1 Å². The standard InChI is InChI=1S/C18H16FN3O5/c1-10-8-12(18-14(23)7-6-11(19)17(10)18)20-21-16(24)9-27-15-5-3-2-4-13(15)22(25)26/h2-7,10,23H,8-9H2,1H3,(H,21,24)/b20-12+/t10-/m0/s1. The molecule has 0 saturated heterocycles. The molecule has 0 spiro atoms. The van der Waals surface area contributed by atoms with Crippen LogP contribution < -0.4 is 10.2 Å². The molecular formula is C18H16FN3O5. The highest BCUT2D eigenvalue weighted by Crippen LogP contribution is 2.39. The Labute approximate surface area is 153 Å². The molecule has 27 heavy (non-hydrogen) atoms. The molecule has 140 valence electrons. The number of phenolic OH excluding ortho intramolecular Hbond substituents is 1. The molecule has 0 unspecified atom stereocenters.